The Labute approximate surface area is 156 Å². The molecule has 0 spiro atoms. The van der Waals surface area contributed by atoms with Crippen molar-refractivity contribution in [2.24, 2.45) is 0 Å². The van der Waals surface area contributed by atoms with Crippen LogP contribution < -0.4 is 0 Å². The van der Waals surface area contributed by atoms with Crippen LogP contribution in [0, 0.1) is 46.3 Å². The molecule has 0 aliphatic heterocycles. The summed E-state index contributed by atoms with van der Waals surface area (Å²) in [4.78, 5) is 0. The third-order valence-electron chi connectivity index (χ3n) is 4.15. The second-order valence-corrected chi connectivity index (χ2v) is 6.14. The van der Waals surface area contributed by atoms with E-state index in [-0.39, 0.29) is 0 Å². The Morgan fingerprint density at radius 2 is 1.27 bits per heavy atom. The van der Waals surface area contributed by atoms with Crippen LogP contribution in [-0.4, -0.2) is 0 Å². The van der Waals surface area contributed by atoms with Crippen LogP contribution in [0.15, 0.2) is 24.3 Å². The van der Waals surface area contributed by atoms with Crippen molar-refractivity contribution in [3.05, 3.63) is 46.5 Å². The summed E-state index contributed by atoms with van der Waals surface area (Å²) in [6, 6.07) is 11.6. The lowest BCUT2D eigenvalue weighted by Gasteiger charge is -1.95. The molecule has 2 aliphatic carbocycles. The lowest BCUT2D eigenvalue weighted by atomic mass is 10.1. The van der Waals surface area contributed by atoms with Gasteiger partial charge in [-0.2, -0.15) is 10.5 Å². The number of fused-ring (bicyclic) bond motifs is 1. The summed E-state index contributed by atoms with van der Waals surface area (Å²) in [5.74, 6) is 12.9. The van der Waals surface area contributed by atoms with E-state index in [4.69, 9.17) is 0 Å². The van der Waals surface area contributed by atoms with E-state index in [1.54, 1.807) is 12.1 Å². The summed E-state index contributed by atoms with van der Waals surface area (Å²) in [6.45, 7) is 4.29. The van der Waals surface area contributed by atoms with Crippen molar-refractivity contribution in [3.8, 4) is 46.9 Å². The molecular weight excluding hydrogens is 316 g/mol. The molecule has 2 aliphatic rings. The first-order valence-corrected chi connectivity index (χ1v) is 9.13. The smallest absolute Gasteiger partial charge is 0.101 e. The zero-order chi connectivity index (χ0) is 18.8. The Hall–Kier alpha value is -3.20. The molecule has 0 saturated carbocycles. The van der Waals surface area contributed by atoms with Crippen molar-refractivity contribution < 1.29 is 0 Å². The molecule has 2 rings (SSSR count). The SMILES string of the molecule is CCCCC#Cc1cc(C#CCCCC)c2cc(C#N)c(C#N)ccc1-2. The van der Waals surface area contributed by atoms with E-state index in [2.05, 4.69) is 49.7 Å². The molecule has 0 heterocycles. The topological polar surface area (TPSA) is 47.6 Å². The van der Waals surface area contributed by atoms with Crippen LogP contribution >= 0.6 is 0 Å². The number of hydrogen-bond acceptors (Lipinski definition) is 2. The molecule has 0 N–H and O–H groups in total. The highest BCUT2D eigenvalue weighted by atomic mass is 14.3. The maximum absolute atomic E-state index is 9.40. The predicted octanol–water partition coefficient (Wildman–Crippen LogP) is 5.62. The fraction of sp³-hybridized carbons (Fsp3) is 0.333. The molecule has 2 nitrogen and oxygen atoms in total. The minimum Gasteiger partial charge on any atom is -0.192 e. The Balaban J connectivity index is 2.57. The van der Waals surface area contributed by atoms with Gasteiger partial charge in [-0.05, 0) is 42.2 Å². The second-order valence-electron chi connectivity index (χ2n) is 6.14. The molecule has 0 fully saturated rings. The van der Waals surface area contributed by atoms with Crippen LogP contribution in [0.3, 0.4) is 0 Å². The van der Waals surface area contributed by atoms with Gasteiger partial charge in [0, 0.05) is 24.0 Å². The molecule has 0 bridgehead atoms. The van der Waals surface area contributed by atoms with Gasteiger partial charge in [0.15, 0.2) is 0 Å². The molecule has 0 aromatic rings. The van der Waals surface area contributed by atoms with Crippen molar-refractivity contribution >= 4 is 0 Å². The number of nitriles is 2. The summed E-state index contributed by atoms with van der Waals surface area (Å²) in [5.41, 5.74) is 4.39. The van der Waals surface area contributed by atoms with E-state index in [0.717, 1.165) is 60.8 Å². The Morgan fingerprint density at radius 1 is 0.692 bits per heavy atom. The summed E-state index contributed by atoms with van der Waals surface area (Å²) < 4.78 is 0. The van der Waals surface area contributed by atoms with Gasteiger partial charge in [0.1, 0.15) is 12.1 Å². The van der Waals surface area contributed by atoms with E-state index in [9.17, 15) is 10.5 Å². The predicted molar refractivity (Wildman–Crippen MR) is 105 cm³/mol. The summed E-state index contributed by atoms with van der Waals surface area (Å²) in [7, 11) is 0. The quantitative estimate of drug-likeness (QED) is 0.536. The standard InChI is InChI=1S/C24H22N2/c1-3-5-7-9-11-19-15-20(12-10-8-6-4-2)24-16-22(18-26)21(17-25)13-14-23(19)24/h13-16H,3-8H2,1-2H3. The van der Waals surface area contributed by atoms with Crippen LogP contribution in [0.25, 0.3) is 11.1 Å². The molecule has 0 aromatic heterocycles. The molecule has 0 amide bonds. The van der Waals surface area contributed by atoms with Gasteiger partial charge in [0.05, 0.1) is 11.1 Å². The van der Waals surface area contributed by atoms with Crippen molar-refractivity contribution in [2.45, 2.75) is 52.4 Å². The number of hydrogen-bond donors (Lipinski definition) is 0. The van der Waals surface area contributed by atoms with Crippen LogP contribution in [0.4, 0.5) is 0 Å². The minimum absolute atomic E-state index is 0.371. The third kappa shape index (κ3) is 4.67. The van der Waals surface area contributed by atoms with Crippen molar-refractivity contribution in [1.82, 2.24) is 0 Å². The monoisotopic (exact) mass is 338 g/mol. The van der Waals surface area contributed by atoms with Gasteiger partial charge in [-0.3, -0.25) is 0 Å². The maximum Gasteiger partial charge on any atom is 0.101 e. The van der Waals surface area contributed by atoms with E-state index < -0.39 is 0 Å². The van der Waals surface area contributed by atoms with Gasteiger partial charge in [-0.1, -0.05) is 56.4 Å². The third-order valence-corrected chi connectivity index (χ3v) is 4.15. The largest absolute Gasteiger partial charge is 0.192 e. The lowest BCUT2D eigenvalue weighted by molar-refractivity contribution is 0.828. The molecule has 0 aromatic carbocycles. The molecule has 128 valence electrons. The Bertz CT molecular complexity index is 946. The van der Waals surface area contributed by atoms with Gasteiger partial charge in [0.2, 0.25) is 0 Å². The number of nitrogens with zero attached hydrogens (tertiary/aromatic N) is 2. The highest BCUT2D eigenvalue weighted by molar-refractivity contribution is 5.82. The van der Waals surface area contributed by atoms with E-state index in [1.807, 2.05) is 12.1 Å². The first kappa shape index (κ1) is 19.1. The first-order chi connectivity index (χ1) is 12.7. The fourth-order valence-electron chi connectivity index (χ4n) is 2.65. The summed E-state index contributed by atoms with van der Waals surface area (Å²) >= 11 is 0. The Morgan fingerprint density at radius 3 is 1.81 bits per heavy atom. The van der Waals surface area contributed by atoms with Gasteiger partial charge < -0.3 is 0 Å². The zero-order valence-electron chi connectivity index (χ0n) is 15.4. The van der Waals surface area contributed by atoms with E-state index in [0.29, 0.717) is 11.1 Å². The molecule has 0 radical (unpaired) electrons. The van der Waals surface area contributed by atoms with Gasteiger partial charge >= 0.3 is 0 Å². The van der Waals surface area contributed by atoms with E-state index >= 15 is 0 Å². The molecule has 0 saturated heterocycles. The second kappa shape index (κ2) is 9.94. The van der Waals surface area contributed by atoms with Crippen molar-refractivity contribution in [1.29, 1.82) is 10.5 Å². The van der Waals surface area contributed by atoms with Crippen LogP contribution in [0.1, 0.15) is 74.6 Å². The number of rotatable bonds is 4. The summed E-state index contributed by atoms with van der Waals surface area (Å²) in [6.07, 6.45) is 6.12. The molecular formula is C24H22N2. The van der Waals surface area contributed by atoms with Gasteiger partial charge in [-0.15, -0.1) is 0 Å². The van der Waals surface area contributed by atoms with Crippen LogP contribution in [0.5, 0.6) is 0 Å². The van der Waals surface area contributed by atoms with Gasteiger partial charge in [0.25, 0.3) is 0 Å². The molecule has 0 atom stereocenters. The molecule has 2 heteroatoms. The minimum atomic E-state index is 0.371. The normalized spacial score (nSPS) is 9.38. The average Bonchev–Trinajstić information content (AvgIpc) is 2.86. The van der Waals surface area contributed by atoms with E-state index in [1.165, 1.54) is 0 Å². The Kier molecular flexibility index (Phi) is 7.31. The lowest BCUT2D eigenvalue weighted by Crippen LogP contribution is -1.79. The highest BCUT2D eigenvalue weighted by Gasteiger charge is 2.15. The maximum atomic E-state index is 9.40. The summed E-state index contributed by atoms with van der Waals surface area (Å²) in [5, 5.41) is 18.7. The van der Waals surface area contributed by atoms with Gasteiger partial charge in [-0.25, -0.2) is 0 Å². The zero-order valence-corrected chi connectivity index (χ0v) is 15.4. The molecule has 26 heavy (non-hydrogen) atoms. The highest BCUT2D eigenvalue weighted by Crippen LogP contribution is 2.32. The number of unbranched alkanes of at least 4 members (excludes halogenated alkanes) is 4. The van der Waals surface area contributed by atoms with Crippen molar-refractivity contribution in [2.75, 3.05) is 0 Å². The molecule has 0 unspecified atom stereocenters. The van der Waals surface area contributed by atoms with Crippen molar-refractivity contribution in [3.63, 3.8) is 0 Å². The van der Waals surface area contributed by atoms with Crippen LogP contribution in [0.2, 0.25) is 0 Å². The average molecular weight is 338 g/mol. The van der Waals surface area contributed by atoms with Crippen LogP contribution in [-0.2, 0) is 0 Å². The first-order valence-electron chi connectivity index (χ1n) is 9.13. The fourth-order valence-corrected chi connectivity index (χ4v) is 2.65.